The number of nitrogens with zero attached hydrogens (tertiary/aromatic N) is 2. The van der Waals surface area contributed by atoms with Crippen LogP contribution in [0.2, 0.25) is 0 Å². The maximum atomic E-state index is 13.6. The first-order valence-corrected chi connectivity index (χ1v) is 6.44. The van der Waals surface area contributed by atoms with Gasteiger partial charge in [0.15, 0.2) is 0 Å². The summed E-state index contributed by atoms with van der Waals surface area (Å²) in [5.41, 5.74) is 0.853. The van der Waals surface area contributed by atoms with E-state index < -0.39 is 11.7 Å². The molecule has 0 atom stereocenters. The number of amides is 1. The predicted octanol–water partition coefficient (Wildman–Crippen LogP) is 3.42. The van der Waals surface area contributed by atoms with Crippen LogP contribution in [0.1, 0.15) is 21.6 Å². The highest BCUT2D eigenvalue weighted by Crippen LogP contribution is 2.22. The van der Waals surface area contributed by atoms with Gasteiger partial charge < -0.3 is 5.32 Å². The molecule has 20 heavy (non-hydrogen) atoms. The quantitative estimate of drug-likeness (QED) is 0.915. The van der Waals surface area contributed by atoms with E-state index in [2.05, 4.69) is 26.2 Å². The van der Waals surface area contributed by atoms with Gasteiger partial charge in [0.2, 0.25) is 0 Å². The van der Waals surface area contributed by atoms with Crippen molar-refractivity contribution in [2.45, 2.75) is 6.92 Å². The Hall–Kier alpha value is -2.26. The van der Waals surface area contributed by atoms with Crippen LogP contribution in [0.4, 0.5) is 10.1 Å². The molecule has 0 aliphatic carbocycles. The highest BCUT2D eigenvalue weighted by molar-refractivity contribution is 9.10. The molecule has 100 valence electrons. The van der Waals surface area contributed by atoms with Crippen molar-refractivity contribution in [3.63, 3.8) is 0 Å². The van der Waals surface area contributed by atoms with E-state index in [0.29, 0.717) is 4.47 Å². The number of carbonyl (C=O) groups is 1. The molecule has 6 heteroatoms. The SMILES string of the molecule is Cc1c(F)cc(C#N)cc1NC(=O)c1ncccc1Br. The van der Waals surface area contributed by atoms with E-state index in [-0.39, 0.29) is 22.5 Å². The Morgan fingerprint density at radius 3 is 2.90 bits per heavy atom. The van der Waals surface area contributed by atoms with Crippen LogP contribution >= 0.6 is 15.9 Å². The van der Waals surface area contributed by atoms with Gasteiger partial charge in [-0.3, -0.25) is 4.79 Å². The first kappa shape index (κ1) is 14.2. The summed E-state index contributed by atoms with van der Waals surface area (Å²) in [6.45, 7) is 1.53. The van der Waals surface area contributed by atoms with Crippen LogP contribution in [0.3, 0.4) is 0 Å². The van der Waals surface area contributed by atoms with E-state index in [4.69, 9.17) is 5.26 Å². The highest BCUT2D eigenvalue weighted by Gasteiger charge is 2.14. The monoisotopic (exact) mass is 333 g/mol. The van der Waals surface area contributed by atoms with Gasteiger partial charge in [0.25, 0.3) is 5.91 Å². The summed E-state index contributed by atoms with van der Waals surface area (Å²) < 4.78 is 14.2. The third kappa shape index (κ3) is 2.83. The number of anilines is 1. The fourth-order valence-electron chi connectivity index (χ4n) is 1.61. The fourth-order valence-corrected chi connectivity index (χ4v) is 2.04. The van der Waals surface area contributed by atoms with Crippen molar-refractivity contribution >= 4 is 27.5 Å². The van der Waals surface area contributed by atoms with Crippen molar-refractivity contribution in [3.8, 4) is 6.07 Å². The molecule has 2 rings (SSSR count). The number of nitrogens with one attached hydrogen (secondary N) is 1. The normalized spacial score (nSPS) is 9.90. The average molecular weight is 334 g/mol. The Morgan fingerprint density at radius 2 is 2.25 bits per heavy atom. The van der Waals surface area contributed by atoms with Gasteiger partial charge in [0.05, 0.1) is 11.6 Å². The lowest BCUT2D eigenvalue weighted by atomic mass is 10.1. The molecule has 0 fully saturated rings. The number of carbonyl (C=O) groups excluding carboxylic acids is 1. The second-order valence-electron chi connectivity index (χ2n) is 4.03. The minimum Gasteiger partial charge on any atom is -0.320 e. The van der Waals surface area contributed by atoms with E-state index >= 15 is 0 Å². The molecule has 0 spiro atoms. The topological polar surface area (TPSA) is 65.8 Å². The van der Waals surface area contributed by atoms with E-state index in [1.807, 2.05) is 6.07 Å². The second-order valence-corrected chi connectivity index (χ2v) is 4.88. The van der Waals surface area contributed by atoms with Crippen LogP contribution in [0.5, 0.6) is 0 Å². The largest absolute Gasteiger partial charge is 0.320 e. The van der Waals surface area contributed by atoms with Crippen molar-refractivity contribution in [2.75, 3.05) is 5.32 Å². The molecule has 1 aromatic carbocycles. The zero-order chi connectivity index (χ0) is 14.7. The molecule has 0 saturated carbocycles. The second kappa shape index (κ2) is 5.80. The number of hydrogen-bond acceptors (Lipinski definition) is 3. The van der Waals surface area contributed by atoms with Crippen molar-refractivity contribution in [2.24, 2.45) is 0 Å². The van der Waals surface area contributed by atoms with Crippen LogP contribution in [0, 0.1) is 24.1 Å². The molecular weight excluding hydrogens is 325 g/mol. The number of pyridine rings is 1. The zero-order valence-electron chi connectivity index (χ0n) is 10.4. The standard InChI is InChI=1S/C14H9BrFN3O/c1-8-11(16)5-9(7-17)6-12(8)19-14(20)13-10(15)3-2-4-18-13/h2-6H,1H3,(H,19,20). The maximum absolute atomic E-state index is 13.6. The van der Waals surface area contributed by atoms with Crippen LogP contribution in [-0.4, -0.2) is 10.9 Å². The van der Waals surface area contributed by atoms with Gasteiger partial charge in [-0.05, 0) is 47.1 Å². The number of halogens is 2. The number of nitriles is 1. The van der Waals surface area contributed by atoms with Gasteiger partial charge in [-0.25, -0.2) is 9.37 Å². The van der Waals surface area contributed by atoms with Gasteiger partial charge in [0.1, 0.15) is 11.5 Å². The molecule has 0 bridgehead atoms. The Bertz CT molecular complexity index is 725. The van der Waals surface area contributed by atoms with Crippen LogP contribution < -0.4 is 5.32 Å². The first-order valence-electron chi connectivity index (χ1n) is 5.65. The summed E-state index contributed by atoms with van der Waals surface area (Å²) in [7, 11) is 0. The Morgan fingerprint density at radius 1 is 1.50 bits per heavy atom. The lowest BCUT2D eigenvalue weighted by molar-refractivity contribution is 0.102. The fraction of sp³-hybridized carbons (Fsp3) is 0.0714. The maximum Gasteiger partial charge on any atom is 0.275 e. The van der Waals surface area contributed by atoms with E-state index in [0.717, 1.165) is 6.07 Å². The third-order valence-corrected chi connectivity index (χ3v) is 3.34. The number of rotatable bonds is 2. The Labute approximate surface area is 123 Å². The van der Waals surface area contributed by atoms with Crippen LogP contribution in [0.15, 0.2) is 34.9 Å². The summed E-state index contributed by atoms with van der Waals surface area (Å²) >= 11 is 3.22. The smallest absolute Gasteiger partial charge is 0.275 e. The van der Waals surface area contributed by atoms with E-state index in [1.165, 1.54) is 19.2 Å². The van der Waals surface area contributed by atoms with Gasteiger partial charge in [-0.15, -0.1) is 0 Å². The molecule has 1 N–H and O–H groups in total. The highest BCUT2D eigenvalue weighted by atomic mass is 79.9. The lowest BCUT2D eigenvalue weighted by Crippen LogP contribution is -2.15. The molecule has 0 unspecified atom stereocenters. The molecular formula is C14H9BrFN3O. The molecule has 0 aliphatic heterocycles. The molecule has 0 saturated heterocycles. The van der Waals surface area contributed by atoms with Crippen molar-refractivity contribution < 1.29 is 9.18 Å². The number of benzene rings is 1. The molecule has 0 aliphatic rings. The zero-order valence-corrected chi connectivity index (χ0v) is 12.0. The van der Waals surface area contributed by atoms with E-state index in [9.17, 15) is 9.18 Å². The van der Waals surface area contributed by atoms with Crippen LogP contribution in [0.25, 0.3) is 0 Å². The predicted molar refractivity (Wildman–Crippen MR) is 75.7 cm³/mol. The summed E-state index contributed by atoms with van der Waals surface area (Å²) in [6, 6.07) is 7.76. The number of hydrogen-bond donors (Lipinski definition) is 1. The summed E-state index contributed by atoms with van der Waals surface area (Å²) in [6.07, 6.45) is 1.48. The molecule has 2 aromatic rings. The summed E-state index contributed by atoms with van der Waals surface area (Å²) in [5, 5.41) is 11.4. The molecule has 0 radical (unpaired) electrons. The minimum absolute atomic E-state index is 0.142. The molecule has 4 nitrogen and oxygen atoms in total. The van der Waals surface area contributed by atoms with E-state index in [1.54, 1.807) is 12.1 Å². The molecule has 1 aromatic heterocycles. The number of aromatic nitrogens is 1. The van der Waals surface area contributed by atoms with Crippen LogP contribution in [-0.2, 0) is 0 Å². The molecule has 1 heterocycles. The Balaban J connectivity index is 2.36. The molecule has 1 amide bonds. The third-order valence-electron chi connectivity index (χ3n) is 2.70. The van der Waals surface area contributed by atoms with Crippen molar-refractivity contribution in [1.29, 1.82) is 5.26 Å². The average Bonchev–Trinajstić information content (AvgIpc) is 2.43. The Kier molecular flexibility index (Phi) is 4.11. The van der Waals surface area contributed by atoms with Gasteiger partial charge >= 0.3 is 0 Å². The summed E-state index contributed by atoms with van der Waals surface area (Å²) in [4.78, 5) is 16.0. The first-order chi connectivity index (χ1) is 9.52. The van der Waals surface area contributed by atoms with Crippen molar-refractivity contribution in [1.82, 2.24) is 4.98 Å². The minimum atomic E-state index is -0.542. The summed E-state index contributed by atoms with van der Waals surface area (Å²) in [5.74, 6) is -1.02. The van der Waals surface area contributed by atoms with Gasteiger partial charge in [-0.1, -0.05) is 0 Å². The van der Waals surface area contributed by atoms with Gasteiger partial charge in [-0.2, -0.15) is 5.26 Å². The lowest BCUT2D eigenvalue weighted by Gasteiger charge is -2.10. The van der Waals surface area contributed by atoms with Gasteiger partial charge in [0, 0.05) is 21.9 Å². The van der Waals surface area contributed by atoms with Crippen molar-refractivity contribution in [3.05, 3.63) is 57.6 Å².